The molecular formula is C14H20N2O4. The summed E-state index contributed by atoms with van der Waals surface area (Å²) in [5, 5.41) is 11.8. The molecule has 20 heavy (non-hydrogen) atoms. The van der Waals surface area contributed by atoms with Crippen LogP contribution >= 0.6 is 0 Å². The molecule has 0 heterocycles. The molecule has 0 bridgehead atoms. The first-order valence-electron chi connectivity index (χ1n) is 6.41. The van der Waals surface area contributed by atoms with E-state index in [-0.39, 0.29) is 24.0 Å². The predicted molar refractivity (Wildman–Crippen MR) is 74.0 cm³/mol. The third-order valence-corrected chi connectivity index (χ3v) is 2.81. The Labute approximate surface area is 117 Å². The summed E-state index contributed by atoms with van der Waals surface area (Å²) in [6, 6.07) is 5.89. The minimum Gasteiger partial charge on any atom is -0.508 e. The largest absolute Gasteiger partial charge is 0.508 e. The maximum Gasteiger partial charge on any atom is 0.305 e. The molecule has 0 aromatic heterocycles. The van der Waals surface area contributed by atoms with Gasteiger partial charge in [0.2, 0.25) is 5.91 Å². The molecular weight excluding hydrogens is 260 g/mol. The van der Waals surface area contributed by atoms with Crippen LogP contribution in [0.15, 0.2) is 24.3 Å². The van der Waals surface area contributed by atoms with Gasteiger partial charge in [0.05, 0.1) is 13.2 Å². The van der Waals surface area contributed by atoms with Crippen molar-refractivity contribution in [1.82, 2.24) is 5.32 Å². The number of phenolic OH excluding ortho intramolecular Hbond substituents is 1. The Balaban J connectivity index is 2.28. The highest BCUT2D eigenvalue weighted by Gasteiger charge is 2.13. The number of amides is 1. The Hall–Kier alpha value is -2.08. The summed E-state index contributed by atoms with van der Waals surface area (Å²) < 4.78 is 4.50. The second-order valence-electron chi connectivity index (χ2n) is 4.45. The highest BCUT2D eigenvalue weighted by molar-refractivity contribution is 5.81. The number of phenols is 1. The molecule has 4 N–H and O–H groups in total. The molecule has 0 aliphatic rings. The number of ether oxygens (including phenoxy) is 1. The lowest BCUT2D eigenvalue weighted by Gasteiger charge is -2.12. The van der Waals surface area contributed by atoms with Crippen LogP contribution in [0.2, 0.25) is 0 Å². The molecule has 0 spiro atoms. The fourth-order valence-electron chi connectivity index (χ4n) is 1.66. The quantitative estimate of drug-likeness (QED) is 0.493. The second kappa shape index (κ2) is 8.16. The number of carbonyl (C=O) groups excluding carboxylic acids is 2. The number of methoxy groups -OCH3 is 1. The summed E-state index contributed by atoms with van der Waals surface area (Å²) in [4.78, 5) is 22.6. The number of carbonyl (C=O) groups is 2. The number of nitrogens with one attached hydrogen (secondary N) is 1. The molecule has 6 nitrogen and oxygen atoms in total. The van der Waals surface area contributed by atoms with E-state index in [0.29, 0.717) is 19.4 Å². The SMILES string of the molecule is COC(=O)CCCNC(=O)[C@@H](N)Cc1ccc(O)cc1. The third kappa shape index (κ3) is 5.71. The lowest BCUT2D eigenvalue weighted by atomic mass is 10.1. The van der Waals surface area contributed by atoms with Crippen molar-refractivity contribution in [2.45, 2.75) is 25.3 Å². The standard InChI is InChI=1S/C14H20N2O4/c1-20-13(18)3-2-8-16-14(19)12(15)9-10-4-6-11(17)7-5-10/h4-7,12,17H,2-3,8-9,15H2,1H3,(H,16,19)/t12-/m0/s1. The highest BCUT2D eigenvalue weighted by Crippen LogP contribution is 2.10. The van der Waals surface area contributed by atoms with E-state index >= 15 is 0 Å². The molecule has 0 unspecified atom stereocenters. The minimum absolute atomic E-state index is 0.176. The molecule has 1 amide bonds. The predicted octanol–water partition coefficient (Wildman–Crippen LogP) is 0.331. The highest BCUT2D eigenvalue weighted by atomic mass is 16.5. The van der Waals surface area contributed by atoms with Crippen molar-refractivity contribution < 1.29 is 19.4 Å². The topological polar surface area (TPSA) is 102 Å². The first-order chi connectivity index (χ1) is 9.52. The van der Waals surface area contributed by atoms with Crippen molar-refractivity contribution >= 4 is 11.9 Å². The fraction of sp³-hybridized carbons (Fsp3) is 0.429. The van der Waals surface area contributed by atoms with Crippen LogP contribution in [-0.2, 0) is 20.7 Å². The van der Waals surface area contributed by atoms with E-state index in [4.69, 9.17) is 10.8 Å². The van der Waals surface area contributed by atoms with Gasteiger partial charge in [-0.3, -0.25) is 9.59 Å². The average Bonchev–Trinajstić information content (AvgIpc) is 2.45. The number of hydrogen-bond acceptors (Lipinski definition) is 5. The zero-order valence-electron chi connectivity index (χ0n) is 11.5. The summed E-state index contributed by atoms with van der Waals surface area (Å²) in [7, 11) is 1.33. The smallest absolute Gasteiger partial charge is 0.305 e. The number of hydrogen-bond donors (Lipinski definition) is 3. The molecule has 1 aromatic rings. The van der Waals surface area contributed by atoms with Crippen LogP contribution in [0, 0.1) is 0 Å². The molecule has 6 heteroatoms. The average molecular weight is 280 g/mol. The van der Waals surface area contributed by atoms with E-state index in [2.05, 4.69) is 10.1 Å². The molecule has 110 valence electrons. The van der Waals surface area contributed by atoms with E-state index in [1.165, 1.54) is 7.11 Å². The van der Waals surface area contributed by atoms with Crippen LogP contribution in [0.1, 0.15) is 18.4 Å². The van der Waals surface area contributed by atoms with E-state index in [1.807, 2.05) is 0 Å². The van der Waals surface area contributed by atoms with E-state index < -0.39 is 6.04 Å². The molecule has 1 rings (SSSR count). The summed E-state index contributed by atoms with van der Waals surface area (Å²) in [6.07, 6.45) is 1.18. The van der Waals surface area contributed by atoms with Crippen molar-refractivity contribution in [3.63, 3.8) is 0 Å². The maximum absolute atomic E-state index is 11.7. The normalized spacial score (nSPS) is 11.7. The van der Waals surface area contributed by atoms with Gasteiger partial charge in [-0.2, -0.15) is 0 Å². The number of nitrogens with two attached hydrogens (primary N) is 1. The lowest BCUT2D eigenvalue weighted by molar-refractivity contribution is -0.140. The Morgan fingerprint density at radius 1 is 1.35 bits per heavy atom. The number of rotatable bonds is 7. The molecule has 0 aliphatic heterocycles. The van der Waals surface area contributed by atoms with Gasteiger partial charge < -0.3 is 20.9 Å². The maximum atomic E-state index is 11.7. The van der Waals surface area contributed by atoms with Gasteiger partial charge in [0.25, 0.3) is 0 Å². The molecule has 0 saturated carbocycles. The molecule has 1 atom stereocenters. The zero-order valence-corrected chi connectivity index (χ0v) is 11.5. The van der Waals surface area contributed by atoms with Gasteiger partial charge in [0, 0.05) is 13.0 Å². The van der Waals surface area contributed by atoms with E-state index in [0.717, 1.165) is 5.56 Å². The Morgan fingerprint density at radius 3 is 2.60 bits per heavy atom. The van der Waals surface area contributed by atoms with Crippen molar-refractivity contribution in [3.8, 4) is 5.75 Å². The van der Waals surface area contributed by atoms with Gasteiger partial charge in [0.1, 0.15) is 5.75 Å². The van der Waals surface area contributed by atoms with Crippen molar-refractivity contribution in [2.75, 3.05) is 13.7 Å². The summed E-state index contributed by atoms with van der Waals surface area (Å²) in [5.41, 5.74) is 6.66. The molecule has 1 aromatic carbocycles. The van der Waals surface area contributed by atoms with Crippen molar-refractivity contribution in [1.29, 1.82) is 0 Å². The third-order valence-electron chi connectivity index (χ3n) is 2.81. The molecule has 0 aliphatic carbocycles. The molecule has 0 radical (unpaired) electrons. The number of aromatic hydroxyl groups is 1. The van der Waals surface area contributed by atoms with Gasteiger partial charge in [0.15, 0.2) is 0 Å². The second-order valence-corrected chi connectivity index (χ2v) is 4.45. The van der Waals surface area contributed by atoms with Gasteiger partial charge in [-0.1, -0.05) is 12.1 Å². The minimum atomic E-state index is -0.655. The van der Waals surface area contributed by atoms with Gasteiger partial charge in [-0.05, 0) is 30.5 Å². The Bertz CT molecular complexity index is 445. The summed E-state index contributed by atoms with van der Waals surface area (Å²) in [6.45, 7) is 0.386. The van der Waals surface area contributed by atoms with Crippen LogP contribution in [0.5, 0.6) is 5.75 Å². The number of benzene rings is 1. The van der Waals surface area contributed by atoms with Crippen LogP contribution in [0.25, 0.3) is 0 Å². The molecule has 0 saturated heterocycles. The monoisotopic (exact) mass is 280 g/mol. The fourth-order valence-corrected chi connectivity index (χ4v) is 1.66. The van der Waals surface area contributed by atoms with Crippen LogP contribution < -0.4 is 11.1 Å². The van der Waals surface area contributed by atoms with Crippen LogP contribution in [0.3, 0.4) is 0 Å². The van der Waals surface area contributed by atoms with Crippen molar-refractivity contribution in [3.05, 3.63) is 29.8 Å². The van der Waals surface area contributed by atoms with E-state index in [1.54, 1.807) is 24.3 Å². The summed E-state index contributed by atoms with van der Waals surface area (Å²) in [5.74, 6) is -0.384. The lowest BCUT2D eigenvalue weighted by Crippen LogP contribution is -2.42. The Kier molecular flexibility index (Phi) is 6.52. The van der Waals surface area contributed by atoms with Gasteiger partial charge in [-0.25, -0.2) is 0 Å². The first-order valence-corrected chi connectivity index (χ1v) is 6.41. The van der Waals surface area contributed by atoms with Gasteiger partial charge in [-0.15, -0.1) is 0 Å². The zero-order chi connectivity index (χ0) is 15.0. The van der Waals surface area contributed by atoms with Gasteiger partial charge >= 0.3 is 5.97 Å². The van der Waals surface area contributed by atoms with Crippen LogP contribution in [-0.4, -0.2) is 36.7 Å². The summed E-state index contributed by atoms with van der Waals surface area (Å²) >= 11 is 0. The van der Waals surface area contributed by atoms with Crippen LogP contribution in [0.4, 0.5) is 0 Å². The Morgan fingerprint density at radius 2 is 2.00 bits per heavy atom. The molecule has 0 fully saturated rings. The first kappa shape index (κ1) is 16.0. The van der Waals surface area contributed by atoms with E-state index in [9.17, 15) is 9.59 Å². The van der Waals surface area contributed by atoms with Crippen molar-refractivity contribution in [2.24, 2.45) is 5.73 Å². The number of esters is 1.